The first-order chi connectivity index (χ1) is 16.5. The first-order valence-electron chi connectivity index (χ1n) is 9.97. The third-order valence-electron chi connectivity index (χ3n) is 5.33. The maximum Gasteiger partial charge on any atom is 0.158 e. The molecule has 4 nitrogen and oxygen atoms in total. The van der Waals surface area contributed by atoms with Crippen molar-refractivity contribution in [1.29, 1.82) is 21.0 Å². The zero-order valence-electron chi connectivity index (χ0n) is 17.5. The van der Waals surface area contributed by atoms with E-state index in [1.165, 1.54) is 24.3 Å². The predicted molar refractivity (Wildman–Crippen MR) is 122 cm³/mol. The zero-order valence-corrected chi connectivity index (χ0v) is 17.5. The molecule has 0 radical (unpaired) electrons. The lowest BCUT2D eigenvalue weighted by atomic mass is 9.91. The average Bonchev–Trinajstić information content (AvgIpc) is 2.89. The van der Waals surface area contributed by atoms with Crippen LogP contribution in [0.5, 0.6) is 0 Å². The lowest BCUT2D eigenvalue weighted by Crippen LogP contribution is -1.94. The topological polar surface area (TPSA) is 95.2 Å². The van der Waals surface area contributed by atoms with E-state index in [0.29, 0.717) is 22.3 Å². The summed E-state index contributed by atoms with van der Waals surface area (Å²) in [5, 5.41) is 37.3. The molecule has 0 unspecified atom stereocenters. The van der Waals surface area contributed by atoms with Crippen LogP contribution in [0.4, 0.5) is 8.78 Å². The molecule has 0 fully saturated rings. The molecule has 0 bridgehead atoms. The number of benzene rings is 4. The van der Waals surface area contributed by atoms with Crippen LogP contribution < -0.4 is 0 Å². The van der Waals surface area contributed by atoms with Crippen molar-refractivity contribution in [1.82, 2.24) is 0 Å². The Morgan fingerprint density at radius 2 is 0.706 bits per heavy atom. The molecule has 0 aliphatic rings. The van der Waals surface area contributed by atoms with Gasteiger partial charge in [0.05, 0.1) is 22.3 Å². The molecule has 0 amide bonds. The van der Waals surface area contributed by atoms with Gasteiger partial charge < -0.3 is 0 Å². The fourth-order valence-corrected chi connectivity index (χ4v) is 3.67. The fraction of sp³-hybridized carbons (Fsp3) is 0. The molecule has 158 valence electrons. The third-order valence-corrected chi connectivity index (χ3v) is 5.33. The minimum atomic E-state index is -0.885. The molecular formula is C28H12F2N4. The van der Waals surface area contributed by atoms with Crippen LogP contribution in [0.15, 0.2) is 72.8 Å². The van der Waals surface area contributed by atoms with Crippen LogP contribution in [0.25, 0.3) is 33.4 Å². The van der Waals surface area contributed by atoms with Crippen LogP contribution in [-0.2, 0) is 0 Å². The molecule has 0 heterocycles. The Bertz CT molecular complexity index is 1440. The van der Waals surface area contributed by atoms with E-state index >= 15 is 0 Å². The summed E-state index contributed by atoms with van der Waals surface area (Å²) in [5.41, 5.74) is 2.60. The highest BCUT2D eigenvalue weighted by molar-refractivity contribution is 5.82. The summed E-state index contributed by atoms with van der Waals surface area (Å²) in [4.78, 5) is 0. The predicted octanol–water partition coefficient (Wildman–Crippen LogP) is 6.45. The van der Waals surface area contributed by atoms with Crippen molar-refractivity contribution in [2.75, 3.05) is 0 Å². The Balaban J connectivity index is 2.03. The number of nitriles is 4. The molecule has 4 aromatic rings. The lowest BCUT2D eigenvalue weighted by molar-refractivity contribution is 0.620. The Kier molecular flexibility index (Phi) is 5.84. The summed E-state index contributed by atoms with van der Waals surface area (Å²) in [6.07, 6.45) is 0. The van der Waals surface area contributed by atoms with Crippen molar-refractivity contribution >= 4 is 0 Å². The van der Waals surface area contributed by atoms with E-state index in [0.717, 1.165) is 11.1 Å². The van der Waals surface area contributed by atoms with Crippen LogP contribution in [0.3, 0.4) is 0 Å². The molecular weight excluding hydrogens is 430 g/mol. The lowest BCUT2D eigenvalue weighted by Gasteiger charge is -2.13. The molecule has 6 heteroatoms. The van der Waals surface area contributed by atoms with Crippen molar-refractivity contribution in [2.45, 2.75) is 0 Å². The zero-order chi connectivity index (χ0) is 24.2. The van der Waals surface area contributed by atoms with E-state index in [1.807, 2.05) is 42.5 Å². The Hall–Kier alpha value is -5.30. The molecule has 4 rings (SSSR count). The highest BCUT2D eigenvalue weighted by atomic mass is 19.1. The van der Waals surface area contributed by atoms with E-state index < -0.39 is 11.6 Å². The van der Waals surface area contributed by atoms with Crippen molar-refractivity contribution < 1.29 is 8.78 Å². The highest BCUT2D eigenvalue weighted by Gasteiger charge is 2.16. The number of hydrogen-bond donors (Lipinski definition) is 0. The van der Waals surface area contributed by atoms with Gasteiger partial charge in [-0.25, -0.2) is 8.78 Å². The summed E-state index contributed by atoms with van der Waals surface area (Å²) in [6, 6.07) is 27.3. The molecule has 0 aromatic heterocycles. The first-order valence-corrected chi connectivity index (χ1v) is 9.97. The normalized spacial score (nSPS) is 9.94. The second-order valence-corrected chi connectivity index (χ2v) is 7.38. The van der Waals surface area contributed by atoms with Gasteiger partial charge in [0.1, 0.15) is 24.3 Å². The molecule has 0 aliphatic carbocycles. The Morgan fingerprint density at radius 3 is 1.03 bits per heavy atom. The van der Waals surface area contributed by atoms with Crippen LogP contribution in [-0.4, -0.2) is 0 Å². The minimum Gasteiger partial charge on any atom is -0.204 e. The van der Waals surface area contributed by atoms with Crippen LogP contribution in [0.2, 0.25) is 0 Å². The first kappa shape index (κ1) is 21.9. The smallest absolute Gasteiger partial charge is 0.158 e. The van der Waals surface area contributed by atoms with Gasteiger partial charge in [0.2, 0.25) is 0 Å². The highest BCUT2D eigenvalue weighted by Crippen LogP contribution is 2.35. The number of rotatable bonds is 3. The van der Waals surface area contributed by atoms with Gasteiger partial charge in [0.15, 0.2) is 11.6 Å². The fourth-order valence-electron chi connectivity index (χ4n) is 3.67. The van der Waals surface area contributed by atoms with E-state index in [-0.39, 0.29) is 22.3 Å². The number of halogens is 2. The maximum absolute atomic E-state index is 14.3. The standard InChI is InChI=1S/C28H12F2N4/c29-27-23(13-31)9-21(10-24(27)14-32)19-6-18(17-4-2-1-3-5-17)7-20(8-19)22-11-25(15-33)28(30)26(12-22)16-34/h1-12H. The summed E-state index contributed by atoms with van der Waals surface area (Å²) < 4.78 is 28.6. The van der Waals surface area contributed by atoms with Crippen LogP contribution >= 0.6 is 0 Å². The van der Waals surface area contributed by atoms with E-state index in [9.17, 15) is 29.8 Å². The maximum atomic E-state index is 14.3. The summed E-state index contributed by atoms with van der Waals surface area (Å²) in [6.45, 7) is 0. The van der Waals surface area contributed by atoms with Gasteiger partial charge >= 0.3 is 0 Å². The monoisotopic (exact) mass is 442 g/mol. The van der Waals surface area contributed by atoms with Crippen molar-refractivity contribution in [3.63, 3.8) is 0 Å². The third kappa shape index (κ3) is 3.96. The van der Waals surface area contributed by atoms with E-state index in [1.54, 1.807) is 30.3 Å². The largest absolute Gasteiger partial charge is 0.204 e. The van der Waals surface area contributed by atoms with Gasteiger partial charge in [-0.3, -0.25) is 0 Å². The van der Waals surface area contributed by atoms with E-state index in [4.69, 9.17) is 0 Å². The van der Waals surface area contributed by atoms with Crippen molar-refractivity contribution in [2.24, 2.45) is 0 Å². The van der Waals surface area contributed by atoms with Crippen molar-refractivity contribution in [3.8, 4) is 57.7 Å². The van der Waals surface area contributed by atoms with Gasteiger partial charge in [-0.05, 0) is 75.8 Å². The summed E-state index contributed by atoms with van der Waals surface area (Å²) >= 11 is 0. The number of hydrogen-bond acceptors (Lipinski definition) is 4. The quantitative estimate of drug-likeness (QED) is 0.364. The van der Waals surface area contributed by atoms with Gasteiger partial charge in [0, 0.05) is 0 Å². The second-order valence-electron chi connectivity index (χ2n) is 7.38. The van der Waals surface area contributed by atoms with Crippen LogP contribution in [0.1, 0.15) is 22.3 Å². The summed E-state index contributed by atoms with van der Waals surface area (Å²) in [7, 11) is 0. The second kappa shape index (κ2) is 9.05. The van der Waals surface area contributed by atoms with Gasteiger partial charge in [-0.15, -0.1) is 0 Å². The van der Waals surface area contributed by atoms with E-state index in [2.05, 4.69) is 0 Å². The van der Waals surface area contributed by atoms with Gasteiger partial charge in [-0.2, -0.15) is 21.0 Å². The Labute approximate surface area is 194 Å². The molecule has 0 saturated carbocycles. The molecule has 0 spiro atoms. The van der Waals surface area contributed by atoms with Gasteiger partial charge in [-0.1, -0.05) is 30.3 Å². The summed E-state index contributed by atoms with van der Waals surface area (Å²) in [5.74, 6) is -1.77. The SMILES string of the molecule is N#Cc1cc(-c2cc(-c3ccccc3)cc(-c3cc(C#N)c(F)c(C#N)c3)c2)cc(C#N)c1F. The minimum absolute atomic E-state index is 0.263. The molecule has 34 heavy (non-hydrogen) atoms. The van der Waals surface area contributed by atoms with Crippen LogP contribution in [0, 0.1) is 57.0 Å². The molecule has 0 N–H and O–H groups in total. The average molecular weight is 442 g/mol. The molecule has 4 aromatic carbocycles. The number of nitrogens with zero attached hydrogens (tertiary/aromatic N) is 4. The van der Waals surface area contributed by atoms with Crippen molar-refractivity contribution in [3.05, 3.63) is 107 Å². The molecule has 0 saturated heterocycles. The molecule has 0 atom stereocenters. The Morgan fingerprint density at radius 1 is 0.412 bits per heavy atom. The molecule has 0 aliphatic heterocycles. The van der Waals surface area contributed by atoms with Gasteiger partial charge in [0.25, 0.3) is 0 Å².